The summed E-state index contributed by atoms with van der Waals surface area (Å²) in [5.41, 5.74) is 3.70. The van der Waals surface area contributed by atoms with Gasteiger partial charge in [0, 0.05) is 12.6 Å². The summed E-state index contributed by atoms with van der Waals surface area (Å²) >= 11 is 0. The predicted octanol–water partition coefficient (Wildman–Crippen LogP) is 10.2. The normalized spacial score (nSPS) is 37.0. The molecule has 0 bridgehead atoms. The Hall–Kier alpha value is -0.943. The monoisotopic (exact) mass is 621 g/mol. The van der Waals surface area contributed by atoms with Crippen molar-refractivity contribution in [3.63, 3.8) is 0 Å². The third-order valence-corrected chi connectivity index (χ3v) is 18.6. The molecule has 44 heavy (non-hydrogen) atoms. The topological polar surface area (TPSA) is 41.5 Å². The van der Waals surface area contributed by atoms with Crippen LogP contribution in [0.25, 0.3) is 0 Å². The number of hydrogen-bond donors (Lipinski definition) is 2. The highest BCUT2D eigenvalue weighted by Crippen LogP contribution is 2.67. The van der Waals surface area contributed by atoms with Gasteiger partial charge in [-0.15, -0.1) is 0 Å². The molecule has 3 saturated carbocycles. The van der Waals surface area contributed by atoms with E-state index in [1.807, 2.05) is 0 Å². The minimum absolute atomic E-state index is 0.129. The largest absolute Gasteiger partial charge is 0.414 e. The summed E-state index contributed by atoms with van der Waals surface area (Å²) in [7, 11) is -1.76. The van der Waals surface area contributed by atoms with E-state index in [4.69, 9.17) is 4.43 Å². The molecule has 3 fully saturated rings. The van der Waals surface area contributed by atoms with E-state index in [0.29, 0.717) is 35.2 Å². The smallest absolute Gasteiger partial charge is 0.192 e. The lowest BCUT2D eigenvalue weighted by Gasteiger charge is -2.58. The van der Waals surface area contributed by atoms with Crippen LogP contribution >= 0.6 is 0 Å². The number of benzene rings is 1. The first-order chi connectivity index (χ1) is 20.7. The Morgan fingerprint density at radius 2 is 1.75 bits per heavy atom. The van der Waals surface area contributed by atoms with Crippen molar-refractivity contribution in [3.8, 4) is 0 Å². The van der Waals surface area contributed by atoms with Crippen molar-refractivity contribution in [2.45, 2.75) is 150 Å². The van der Waals surface area contributed by atoms with Crippen LogP contribution in [-0.2, 0) is 11.0 Å². The van der Waals surface area contributed by atoms with Crippen LogP contribution in [0, 0.1) is 46.3 Å². The second-order valence-electron chi connectivity index (χ2n) is 18.0. The molecule has 248 valence electrons. The van der Waals surface area contributed by atoms with Crippen molar-refractivity contribution in [2.24, 2.45) is 46.3 Å². The first-order valence-electron chi connectivity index (χ1n) is 18.5. The highest BCUT2D eigenvalue weighted by molar-refractivity contribution is 6.74. The van der Waals surface area contributed by atoms with E-state index in [-0.39, 0.29) is 16.6 Å². The van der Waals surface area contributed by atoms with Crippen LogP contribution in [0.2, 0.25) is 18.1 Å². The van der Waals surface area contributed by atoms with Gasteiger partial charge in [-0.25, -0.2) is 0 Å². The zero-order valence-electron chi connectivity index (χ0n) is 29.9. The molecule has 0 amide bonds. The molecule has 1 aromatic rings. The van der Waals surface area contributed by atoms with E-state index in [9.17, 15) is 5.11 Å². The molecule has 0 saturated heterocycles. The second kappa shape index (κ2) is 13.3. The van der Waals surface area contributed by atoms with Crippen LogP contribution < -0.4 is 5.32 Å². The molecule has 3 nitrogen and oxygen atoms in total. The van der Waals surface area contributed by atoms with Gasteiger partial charge in [-0.3, -0.25) is 0 Å². The molecule has 0 unspecified atom stereocenters. The minimum Gasteiger partial charge on any atom is -0.414 e. The number of nitrogens with one attached hydrogen (secondary N) is 1. The highest BCUT2D eigenvalue weighted by Gasteiger charge is 2.61. The molecule has 10 atom stereocenters. The number of rotatable bonds is 11. The maximum Gasteiger partial charge on any atom is 0.192 e. The van der Waals surface area contributed by atoms with Crippen molar-refractivity contribution in [3.05, 3.63) is 47.5 Å². The molecule has 5 rings (SSSR count). The fraction of sp³-hybridized carbons (Fsp3) is 0.800. The molecular formula is C40H67NO2Si. The van der Waals surface area contributed by atoms with Crippen molar-refractivity contribution < 1.29 is 9.53 Å². The zero-order chi connectivity index (χ0) is 31.9. The van der Waals surface area contributed by atoms with Gasteiger partial charge in [0.1, 0.15) is 0 Å². The summed E-state index contributed by atoms with van der Waals surface area (Å²) in [6.45, 7) is 24.0. The number of fused-ring (bicyclic) bond motifs is 5. The van der Waals surface area contributed by atoms with Gasteiger partial charge in [0.05, 0.1) is 6.10 Å². The Bertz CT molecular complexity index is 1130. The van der Waals surface area contributed by atoms with Gasteiger partial charge in [0.2, 0.25) is 0 Å². The molecule has 0 radical (unpaired) electrons. The molecule has 4 heteroatoms. The summed E-state index contributed by atoms with van der Waals surface area (Å²) < 4.78 is 6.96. The number of aliphatic hydroxyl groups is 1. The van der Waals surface area contributed by atoms with Crippen LogP contribution in [0.5, 0.6) is 0 Å². The molecule has 1 aromatic carbocycles. The Morgan fingerprint density at radius 1 is 1.02 bits per heavy atom. The molecule has 4 aliphatic carbocycles. The molecule has 0 spiro atoms. The molecular weight excluding hydrogens is 555 g/mol. The fourth-order valence-electron chi connectivity index (χ4n) is 10.5. The average molecular weight is 622 g/mol. The van der Waals surface area contributed by atoms with Gasteiger partial charge in [0.25, 0.3) is 0 Å². The Morgan fingerprint density at radius 3 is 2.45 bits per heavy atom. The van der Waals surface area contributed by atoms with Crippen molar-refractivity contribution in [1.82, 2.24) is 5.32 Å². The Balaban J connectivity index is 1.16. The quantitative estimate of drug-likeness (QED) is 0.191. The van der Waals surface area contributed by atoms with Crippen LogP contribution in [0.3, 0.4) is 0 Å². The fourth-order valence-corrected chi connectivity index (χ4v) is 11.9. The highest BCUT2D eigenvalue weighted by atomic mass is 28.4. The Labute approximate surface area is 272 Å². The SMILES string of the molecule is C[C@H](CCC[C@@H](C)[C@H]1[C@@H](O)C[C@H]2[C@@H]3CC=C4C[C@@H](O[Si](C)(C)C(C)(C)C)CC[C@]4(C)[C@H]3CC[C@]12C)CNCc1ccccc1. The lowest BCUT2D eigenvalue weighted by Crippen LogP contribution is -2.52. The van der Waals surface area contributed by atoms with Crippen LogP contribution in [0.15, 0.2) is 42.0 Å². The van der Waals surface area contributed by atoms with Crippen molar-refractivity contribution in [1.29, 1.82) is 0 Å². The molecule has 4 aliphatic rings. The van der Waals surface area contributed by atoms with E-state index in [1.165, 1.54) is 56.9 Å². The summed E-state index contributed by atoms with van der Waals surface area (Å²) in [4.78, 5) is 0. The average Bonchev–Trinajstić information content (AvgIpc) is 3.23. The van der Waals surface area contributed by atoms with Crippen LogP contribution in [0.1, 0.15) is 118 Å². The summed E-state index contributed by atoms with van der Waals surface area (Å²) in [5, 5.41) is 15.6. The van der Waals surface area contributed by atoms with Gasteiger partial charge in [0.15, 0.2) is 8.32 Å². The van der Waals surface area contributed by atoms with Gasteiger partial charge in [-0.1, -0.05) is 103 Å². The maximum atomic E-state index is 11.6. The van der Waals surface area contributed by atoms with Gasteiger partial charge in [-0.2, -0.15) is 0 Å². The zero-order valence-corrected chi connectivity index (χ0v) is 30.9. The summed E-state index contributed by atoms with van der Waals surface area (Å²) in [5.74, 6) is 3.91. The molecule has 0 aliphatic heterocycles. The standard InChI is InChI=1S/C40H67NO2Si/c1-28(26-41-27-30-16-11-10-12-17-30)14-13-15-29(2)37-36(42)25-35-33-19-18-31-24-32(43-44(8,9)38(3,4)5)20-22-39(31,6)34(33)21-23-40(35,37)7/h10-12,16-18,28-29,32-37,41-42H,13-15,19-27H2,1-9H3/t28-,29-,32+,33-,34+,35+,36+,37+,39+,40+/m1/s1. The summed E-state index contributed by atoms with van der Waals surface area (Å²) in [6, 6.07) is 10.7. The predicted molar refractivity (Wildman–Crippen MR) is 189 cm³/mol. The van der Waals surface area contributed by atoms with Crippen molar-refractivity contribution in [2.75, 3.05) is 6.54 Å². The molecule has 0 heterocycles. The number of hydrogen-bond acceptors (Lipinski definition) is 3. The van der Waals surface area contributed by atoms with E-state index in [2.05, 4.69) is 103 Å². The van der Waals surface area contributed by atoms with Gasteiger partial charge < -0.3 is 14.8 Å². The molecule has 2 N–H and O–H groups in total. The third-order valence-electron chi connectivity index (χ3n) is 14.1. The number of aliphatic hydroxyl groups excluding tert-OH is 1. The minimum atomic E-state index is -1.76. The maximum absolute atomic E-state index is 11.6. The van der Waals surface area contributed by atoms with Crippen LogP contribution in [-0.4, -0.2) is 32.2 Å². The van der Waals surface area contributed by atoms with E-state index >= 15 is 0 Å². The lowest BCUT2D eigenvalue weighted by atomic mass is 9.47. The van der Waals surface area contributed by atoms with E-state index in [0.717, 1.165) is 37.8 Å². The van der Waals surface area contributed by atoms with E-state index in [1.54, 1.807) is 5.57 Å². The van der Waals surface area contributed by atoms with Crippen molar-refractivity contribution >= 4 is 8.32 Å². The third kappa shape index (κ3) is 6.85. The number of allylic oxidation sites excluding steroid dienone is 1. The Kier molecular flexibility index (Phi) is 10.4. The first kappa shape index (κ1) is 34.4. The van der Waals surface area contributed by atoms with Gasteiger partial charge >= 0.3 is 0 Å². The van der Waals surface area contributed by atoms with Crippen LogP contribution in [0.4, 0.5) is 0 Å². The lowest BCUT2D eigenvalue weighted by molar-refractivity contribution is -0.0613. The van der Waals surface area contributed by atoms with Gasteiger partial charge in [-0.05, 0) is 128 Å². The summed E-state index contributed by atoms with van der Waals surface area (Å²) in [6.07, 6.45) is 15.3. The molecule has 0 aromatic heterocycles. The van der Waals surface area contributed by atoms with E-state index < -0.39 is 8.32 Å². The first-order valence-corrected chi connectivity index (χ1v) is 21.4. The second-order valence-corrected chi connectivity index (χ2v) is 22.8.